The number of fused-ring (bicyclic) bond motifs is 1. The van der Waals surface area contributed by atoms with Gasteiger partial charge >= 0.3 is 0 Å². The fraction of sp³-hybridized carbons (Fsp3) is 0.429. The molecule has 0 aliphatic carbocycles. The van der Waals surface area contributed by atoms with Crippen molar-refractivity contribution < 1.29 is 9.90 Å². The van der Waals surface area contributed by atoms with Crippen molar-refractivity contribution in [2.75, 3.05) is 12.3 Å². The highest BCUT2D eigenvalue weighted by atomic mass is 16.3. The lowest BCUT2D eigenvalue weighted by Crippen LogP contribution is -2.46. The molecule has 1 aromatic carbocycles. The Morgan fingerprint density at radius 2 is 2.30 bits per heavy atom. The molecule has 1 aromatic heterocycles. The van der Waals surface area contributed by atoms with Gasteiger partial charge in [-0.15, -0.1) is 0 Å². The minimum absolute atomic E-state index is 0.0267. The number of aromatic nitrogens is 2. The van der Waals surface area contributed by atoms with Gasteiger partial charge in [0.1, 0.15) is 0 Å². The highest BCUT2D eigenvalue weighted by molar-refractivity contribution is 6.05. The summed E-state index contributed by atoms with van der Waals surface area (Å²) >= 11 is 0. The number of benzene rings is 1. The van der Waals surface area contributed by atoms with Crippen LogP contribution in [0.4, 0.5) is 5.69 Å². The standard InChI is InChI=1S/C14H20N4O2/c1-3-14(2,6-7-19)16-13(20)12-10-8-9(15)4-5-11(10)17-18-12/h4-5,8,19H,3,6-7,15H2,1-2H3,(H,16,20)(H,17,18). The van der Waals surface area contributed by atoms with E-state index in [2.05, 4.69) is 15.5 Å². The van der Waals surface area contributed by atoms with Gasteiger partial charge in [0, 0.05) is 23.2 Å². The number of nitrogens with one attached hydrogen (secondary N) is 2. The Morgan fingerprint density at radius 3 is 2.95 bits per heavy atom. The van der Waals surface area contributed by atoms with Crippen molar-refractivity contribution in [2.24, 2.45) is 0 Å². The van der Waals surface area contributed by atoms with E-state index in [9.17, 15) is 4.79 Å². The highest BCUT2D eigenvalue weighted by Crippen LogP contribution is 2.21. The second kappa shape index (κ2) is 5.50. The van der Waals surface area contributed by atoms with Crippen molar-refractivity contribution in [3.63, 3.8) is 0 Å². The van der Waals surface area contributed by atoms with Crippen molar-refractivity contribution in [1.29, 1.82) is 0 Å². The van der Waals surface area contributed by atoms with E-state index in [4.69, 9.17) is 10.8 Å². The van der Waals surface area contributed by atoms with Gasteiger partial charge in [-0.3, -0.25) is 9.89 Å². The first-order valence-electron chi connectivity index (χ1n) is 6.66. The Hall–Kier alpha value is -2.08. The summed E-state index contributed by atoms with van der Waals surface area (Å²) in [5, 5.41) is 19.6. The van der Waals surface area contributed by atoms with E-state index >= 15 is 0 Å². The monoisotopic (exact) mass is 276 g/mol. The van der Waals surface area contributed by atoms with E-state index in [1.54, 1.807) is 18.2 Å². The number of nitrogen functional groups attached to an aromatic ring is 1. The van der Waals surface area contributed by atoms with Gasteiger partial charge in [-0.05, 0) is 38.0 Å². The van der Waals surface area contributed by atoms with Crippen LogP contribution in [0.3, 0.4) is 0 Å². The molecule has 108 valence electrons. The summed E-state index contributed by atoms with van der Waals surface area (Å²) in [7, 11) is 0. The molecular weight excluding hydrogens is 256 g/mol. The van der Waals surface area contributed by atoms with Crippen molar-refractivity contribution in [3.8, 4) is 0 Å². The third kappa shape index (κ3) is 2.75. The van der Waals surface area contributed by atoms with Crippen molar-refractivity contribution in [3.05, 3.63) is 23.9 Å². The molecule has 2 aromatic rings. The van der Waals surface area contributed by atoms with Gasteiger partial charge in [-0.25, -0.2) is 0 Å². The van der Waals surface area contributed by atoms with Gasteiger partial charge in [0.15, 0.2) is 5.69 Å². The van der Waals surface area contributed by atoms with E-state index in [0.717, 1.165) is 11.9 Å². The van der Waals surface area contributed by atoms with Crippen LogP contribution in [0, 0.1) is 0 Å². The topological polar surface area (TPSA) is 104 Å². The summed E-state index contributed by atoms with van der Waals surface area (Å²) in [6, 6.07) is 5.27. The molecule has 1 atom stereocenters. The van der Waals surface area contributed by atoms with Crippen LogP contribution in [-0.4, -0.2) is 33.4 Å². The molecule has 2 rings (SSSR count). The number of H-pyrrole nitrogens is 1. The molecular formula is C14H20N4O2. The third-order valence-corrected chi connectivity index (χ3v) is 3.66. The molecule has 6 heteroatoms. The number of nitrogens with zero attached hydrogens (tertiary/aromatic N) is 1. The maximum Gasteiger partial charge on any atom is 0.272 e. The van der Waals surface area contributed by atoms with Crippen LogP contribution in [0.5, 0.6) is 0 Å². The summed E-state index contributed by atoms with van der Waals surface area (Å²) in [5.74, 6) is -0.264. The van der Waals surface area contributed by atoms with Gasteiger partial charge < -0.3 is 16.2 Å². The van der Waals surface area contributed by atoms with E-state index in [1.165, 1.54) is 0 Å². The maximum atomic E-state index is 12.4. The Labute approximate surface area is 117 Å². The number of rotatable bonds is 5. The molecule has 0 spiro atoms. The molecule has 20 heavy (non-hydrogen) atoms. The first-order valence-corrected chi connectivity index (χ1v) is 6.66. The van der Waals surface area contributed by atoms with E-state index in [1.807, 2.05) is 13.8 Å². The van der Waals surface area contributed by atoms with Crippen LogP contribution in [0.2, 0.25) is 0 Å². The molecule has 0 bridgehead atoms. The predicted molar refractivity (Wildman–Crippen MR) is 78.4 cm³/mol. The number of aromatic amines is 1. The molecule has 1 heterocycles. The quantitative estimate of drug-likeness (QED) is 0.620. The average Bonchev–Trinajstić information content (AvgIpc) is 2.81. The number of aliphatic hydroxyl groups is 1. The molecule has 0 saturated carbocycles. The number of nitrogens with two attached hydrogens (primary N) is 1. The Morgan fingerprint density at radius 1 is 1.55 bits per heavy atom. The maximum absolute atomic E-state index is 12.4. The lowest BCUT2D eigenvalue weighted by molar-refractivity contribution is 0.0882. The lowest BCUT2D eigenvalue weighted by Gasteiger charge is -2.28. The molecule has 0 aliphatic heterocycles. The smallest absolute Gasteiger partial charge is 0.272 e. The van der Waals surface area contributed by atoms with Gasteiger partial charge in [0.2, 0.25) is 0 Å². The molecule has 6 nitrogen and oxygen atoms in total. The summed E-state index contributed by atoms with van der Waals surface area (Å²) < 4.78 is 0. The molecule has 5 N–H and O–H groups in total. The van der Waals surface area contributed by atoms with Crippen LogP contribution in [0.25, 0.3) is 10.9 Å². The number of aliphatic hydroxyl groups excluding tert-OH is 1. The number of amides is 1. The van der Waals surface area contributed by atoms with Crippen molar-refractivity contribution >= 4 is 22.5 Å². The average molecular weight is 276 g/mol. The second-order valence-corrected chi connectivity index (χ2v) is 5.22. The zero-order valence-corrected chi connectivity index (χ0v) is 11.7. The Balaban J connectivity index is 2.29. The van der Waals surface area contributed by atoms with Gasteiger partial charge in [0.05, 0.1) is 5.52 Å². The van der Waals surface area contributed by atoms with E-state index in [-0.39, 0.29) is 12.5 Å². The third-order valence-electron chi connectivity index (χ3n) is 3.66. The van der Waals surface area contributed by atoms with Gasteiger partial charge in [-0.2, -0.15) is 5.10 Å². The zero-order chi connectivity index (χ0) is 14.8. The number of hydrogen-bond donors (Lipinski definition) is 4. The summed E-state index contributed by atoms with van der Waals surface area (Å²) in [6.07, 6.45) is 1.23. The fourth-order valence-corrected chi connectivity index (χ4v) is 2.11. The minimum Gasteiger partial charge on any atom is -0.399 e. The Bertz CT molecular complexity index is 623. The Kier molecular flexibility index (Phi) is 3.94. The van der Waals surface area contributed by atoms with Crippen molar-refractivity contribution in [1.82, 2.24) is 15.5 Å². The number of anilines is 1. The van der Waals surface area contributed by atoms with Crippen LogP contribution in [0.1, 0.15) is 37.2 Å². The summed E-state index contributed by atoms with van der Waals surface area (Å²) in [6.45, 7) is 3.90. The number of carbonyl (C=O) groups excluding carboxylic acids is 1. The molecule has 0 aliphatic rings. The number of hydrogen-bond acceptors (Lipinski definition) is 4. The van der Waals surface area contributed by atoms with Crippen molar-refractivity contribution in [2.45, 2.75) is 32.2 Å². The molecule has 0 radical (unpaired) electrons. The van der Waals surface area contributed by atoms with Gasteiger partial charge in [-0.1, -0.05) is 6.92 Å². The summed E-state index contributed by atoms with van der Waals surface area (Å²) in [5.41, 5.74) is 6.98. The molecule has 0 saturated heterocycles. The van der Waals surface area contributed by atoms with Crippen LogP contribution in [0.15, 0.2) is 18.2 Å². The lowest BCUT2D eigenvalue weighted by atomic mass is 9.94. The van der Waals surface area contributed by atoms with Crippen LogP contribution >= 0.6 is 0 Å². The normalized spacial score (nSPS) is 14.2. The van der Waals surface area contributed by atoms with E-state index < -0.39 is 5.54 Å². The van der Waals surface area contributed by atoms with Gasteiger partial charge in [0.25, 0.3) is 5.91 Å². The predicted octanol–water partition coefficient (Wildman–Crippen LogP) is 1.43. The molecule has 1 unspecified atom stereocenters. The summed E-state index contributed by atoms with van der Waals surface area (Å²) in [4.78, 5) is 12.4. The number of carbonyl (C=O) groups is 1. The SMILES string of the molecule is CCC(C)(CCO)NC(=O)c1n[nH]c2ccc(N)cc12. The van der Waals surface area contributed by atoms with Crippen LogP contribution < -0.4 is 11.1 Å². The molecule has 0 fully saturated rings. The highest BCUT2D eigenvalue weighted by Gasteiger charge is 2.26. The fourth-order valence-electron chi connectivity index (χ4n) is 2.11. The van der Waals surface area contributed by atoms with E-state index in [0.29, 0.717) is 23.2 Å². The molecule has 1 amide bonds. The first kappa shape index (κ1) is 14.3. The zero-order valence-electron chi connectivity index (χ0n) is 11.7. The van der Waals surface area contributed by atoms with Crippen LogP contribution in [-0.2, 0) is 0 Å². The minimum atomic E-state index is -0.447. The first-order chi connectivity index (χ1) is 9.49. The second-order valence-electron chi connectivity index (χ2n) is 5.22. The largest absolute Gasteiger partial charge is 0.399 e.